The van der Waals surface area contributed by atoms with Crippen molar-refractivity contribution >= 4 is 45.9 Å². The molecule has 0 saturated carbocycles. The van der Waals surface area contributed by atoms with Crippen LogP contribution in [-0.4, -0.2) is 37.0 Å². The first-order valence-electron chi connectivity index (χ1n) is 11.2. The van der Waals surface area contributed by atoms with Crippen molar-refractivity contribution in [1.29, 1.82) is 0 Å². The molecule has 37 heavy (non-hydrogen) atoms. The standard InChI is InChI=1S/C28H20ClNO7/c1-35-21-6-4-3-5-19(21)24-23(25(31)22-14-16-13-17(29)9-12-20(16)37-22)26(32)27(33)30(24)18-10-7-15(8-11-18)28(34)36-2/h3-14,24,32H,1-2H3. The van der Waals surface area contributed by atoms with Gasteiger partial charge in [0, 0.05) is 21.7 Å². The molecule has 5 rings (SSSR count). The number of anilines is 1. The normalized spacial score (nSPS) is 15.4. The zero-order valence-electron chi connectivity index (χ0n) is 19.7. The molecule has 0 radical (unpaired) electrons. The number of furan rings is 1. The molecule has 1 aliphatic rings. The summed E-state index contributed by atoms with van der Waals surface area (Å²) in [7, 11) is 2.74. The summed E-state index contributed by atoms with van der Waals surface area (Å²) in [6.07, 6.45) is 0. The molecule has 0 aliphatic carbocycles. The van der Waals surface area contributed by atoms with Crippen LogP contribution in [0, 0.1) is 0 Å². The van der Waals surface area contributed by atoms with Crippen molar-refractivity contribution < 1.29 is 33.4 Å². The summed E-state index contributed by atoms with van der Waals surface area (Å²) >= 11 is 6.07. The number of benzene rings is 3. The highest BCUT2D eigenvalue weighted by molar-refractivity contribution is 6.31. The van der Waals surface area contributed by atoms with E-state index >= 15 is 0 Å². The molecule has 0 fully saturated rings. The number of rotatable bonds is 6. The van der Waals surface area contributed by atoms with Gasteiger partial charge in [-0.3, -0.25) is 14.5 Å². The molecule has 0 spiro atoms. The first-order chi connectivity index (χ1) is 17.8. The van der Waals surface area contributed by atoms with Gasteiger partial charge >= 0.3 is 5.97 Å². The third-order valence-corrected chi connectivity index (χ3v) is 6.39. The number of para-hydroxylation sites is 1. The number of methoxy groups -OCH3 is 2. The molecular weight excluding hydrogens is 498 g/mol. The van der Waals surface area contributed by atoms with Crippen molar-refractivity contribution in [3.05, 3.63) is 106 Å². The highest BCUT2D eigenvalue weighted by atomic mass is 35.5. The van der Waals surface area contributed by atoms with Crippen LogP contribution in [0.1, 0.15) is 32.5 Å². The molecule has 1 aromatic heterocycles. The molecule has 2 heterocycles. The Bertz CT molecular complexity index is 1590. The van der Waals surface area contributed by atoms with E-state index in [0.29, 0.717) is 33.0 Å². The third-order valence-electron chi connectivity index (χ3n) is 6.15. The van der Waals surface area contributed by atoms with Gasteiger partial charge in [-0.25, -0.2) is 4.79 Å². The summed E-state index contributed by atoms with van der Waals surface area (Å²) in [5, 5.41) is 12.1. The van der Waals surface area contributed by atoms with Gasteiger partial charge in [-0.05, 0) is 54.6 Å². The Hall–Kier alpha value is -4.56. The first-order valence-corrected chi connectivity index (χ1v) is 11.5. The Kier molecular flexibility index (Phi) is 6.19. The van der Waals surface area contributed by atoms with Gasteiger partial charge in [-0.1, -0.05) is 29.8 Å². The molecule has 0 saturated heterocycles. The van der Waals surface area contributed by atoms with E-state index in [4.69, 9.17) is 25.5 Å². The van der Waals surface area contributed by atoms with Gasteiger partial charge in [-0.2, -0.15) is 0 Å². The fourth-order valence-corrected chi connectivity index (χ4v) is 4.61. The Labute approximate surface area is 216 Å². The highest BCUT2D eigenvalue weighted by Crippen LogP contribution is 2.45. The summed E-state index contributed by atoms with van der Waals surface area (Å²) in [5.41, 5.74) is 1.36. The minimum absolute atomic E-state index is 0.0607. The molecule has 1 amide bonds. The van der Waals surface area contributed by atoms with E-state index < -0.39 is 29.5 Å². The van der Waals surface area contributed by atoms with Crippen LogP contribution in [-0.2, 0) is 9.53 Å². The highest BCUT2D eigenvalue weighted by Gasteiger charge is 2.46. The Morgan fingerprint density at radius 3 is 2.43 bits per heavy atom. The second-order valence-electron chi connectivity index (χ2n) is 8.24. The average molecular weight is 518 g/mol. The van der Waals surface area contributed by atoms with Crippen LogP contribution in [0.25, 0.3) is 11.0 Å². The van der Waals surface area contributed by atoms with Crippen LogP contribution in [0.4, 0.5) is 5.69 Å². The van der Waals surface area contributed by atoms with Gasteiger partial charge in [0.15, 0.2) is 11.5 Å². The predicted octanol–water partition coefficient (Wildman–Crippen LogP) is 5.66. The number of ketones is 1. The van der Waals surface area contributed by atoms with Crippen LogP contribution < -0.4 is 9.64 Å². The van der Waals surface area contributed by atoms with Gasteiger partial charge in [-0.15, -0.1) is 0 Å². The number of Topliss-reactive ketones (excluding diaryl/α,β-unsaturated/α-hetero) is 1. The zero-order valence-corrected chi connectivity index (χ0v) is 20.5. The molecule has 1 N–H and O–H groups in total. The minimum Gasteiger partial charge on any atom is -0.503 e. The smallest absolute Gasteiger partial charge is 0.337 e. The van der Waals surface area contributed by atoms with Crippen LogP contribution in [0.2, 0.25) is 5.02 Å². The quantitative estimate of drug-likeness (QED) is 0.259. The first kappa shape index (κ1) is 24.1. The van der Waals surface area contributed by atoms with Gasteiger partial charge < -0.3 is 19.0 Å². The van der Waals surface area contributed by atoms with Crippen LogP contribution >= 0.6 is 11.6 Å². The number of esters is 1. The summed E-state index contributed by atoms with van der Waals surface area (Å²) < 4.78 is 16.0. The van der Waals surface area contributed by atoms with Crippen molar-refractivity contribution in [1.82, 2.24) is 0 Å². The van der Waals surface area contributed by atoms with E-state index in [-0.39, 0.29) is 16.9 Å². The molecule has 8 nitrogen and oxygen atoms in total. The van der Waals surface area contributed by atoms with Gasteiger partial charge in [0.05, 0.1) is 31.4 Å². The molecule has 9 heteroatoms. The Morgan fingerprint density at radius 1 is 1.00 bits per heavy atom. The molecular formula is C28H20ClNO7. The van der Waals surface area contributed by atoms with Gasteiger partial charge in [0.1, 0.15) is 11.3 Å². The van der Waals surface area contributed by atoms with E-state index in [9.17, 15) is 19.5 Å². The maximum Gasteiger partial charge on any atom is 0.337 e. The predicted molar refractivity (Wildman–Crippen MR) is 136 cm³/mol. The lowest BCUT2D eigenvalue weighted by Gasteiger charge is -2.28. The number of hydrogen-bond acceptors (Lipinski definition) is 7. The SMILES string of the molecule is COC(=O)c1ccc(N2C(=O)C(O)=C(C(=O)c3cc4cc(Cl)ccc4o3)C2c2ccccc2OC)cc1. The monoisotopic (exact) mass is 517 g/mol. The van der Waals surface area contributed by atoms with Crippen LogP contribution in [0.3, 0.4) is 0 Å². The zero-order chi connectivity index (χ0) is 26.3. The van der Waals surface area contributed by atoms with E-state index in [0.717, 1.165) is 0 Å². The van der Waals surface area contributed by atoms with Crippen molar-refractivity contribution in [3.63, 3.8) is 0 Å². The van der Waals surface area contributed by atoms with E-state index in [1.54, 1.807) is 42.5 Å². The molecule has 1 unspecified atom stereocenters. The number of halogens is 1. The fraction of sp³-hybridized carbons (Fsp3) is 0.107. The van der Waals surface area contributed by atoms with E-state index in [2.05, 4.69) is 0 Å². The number of amides is 1. The molecule has 1 atom stereocenters. The number of fused-ring (bicyclic) bond motifs is 1. The van der Waals surface area contributed by atoms with E-state index in [1.807, 2.05) is 0 Å². The number of nitrogens with zero attached hydrogens (tertiary/aromatic N) is 1. The van der Waals surface area contributed by atoms with Crippen molar-refractivity contribution in [2.75, 3.05) is 19.1 Å². The second kappa shape index (κ2) is 9.48. The topological polar surface area (TPSA) is 106 Å². The number of carbonyl (C=O) groups excluding carboxylic acids is 3. The van der Waals surface area contributed by atoms with Gasteiger partial charge in [0.2, 0.25) is 5.78 Å². The number of carbonyl (C=O) groups is 3. The summed E-state index contributed by atoms with van der Waals surface area (Å²) in [6, 6.07) is 18.3. The van der Waals surface area contributed by atoms with Crippen molar-refractivity contribution in [2.45, 2.75) is 6.04 Å². The number of hydrogen-bond donors (Lipinski definition) is 1. The lowest BCUT2D eigenvalue weighted by atomic mass is 9.94. The molecule has 4 aromatic rings. The fourth-order valence-electron chi connectivity index (χ4n) is 4.42. The Balaban J connectivity index is 1.65. The summed E-state index contributed by atoms with van der Waals surface area (Å²) in [4.78, 5) is 40.4. The largest absolute Gasteiger partial charge is 0.503 e. The molecule has 1 aliphatic heterocycles. The average Bonchev–Trinajstić information content (AvgIpc) is 3.46. The third kappa shape index (κ3) is 4.11. The van der Waals surface area contributed by atoms with Gasteiger partial charge in [0.25, 0.3) is 5.91 Å². The van der Waals surface area contributed by atoms with Crippen LogP contribution in [0.15, 0.2) is 88.5 Å². The molecule has 3 aromatic carbocycles. The maximum atomic E-state index is 13.8. The Morgan fingerprint density at radius 2 is 1.73 bits per heavy atom. The minimum atomic E-state index is -1.04. The maximum absolute atomic E-state index is 13.8. The molecule has 0 bridgehead atoms. The number of aliphatic hydroxyl groups is 1. The molecule has 186 valence electrons. The van der Waals surface area contributed by atoms with Crippen molar-refractivity contribution in [3.8, 4) is 5.75 Å². The number of aliphatic hydroxyl groups excluding tert-OH is 1. The van der Waals surface area contributed by atoms with Crippen molar-refractivity contribution in [2.24, 2.45) is 0 Å². The summed E-state index contributed by atoms with van der Waals surface area (Å²) in [6.45, 7) is 0. The lowest BCUT2D eigenvalue weighted by molar-refractivity contribution is -0.117. The number of ether oxygens (including phenoxy) is 2. The summed E-state index contributed by atoms with van der Waals surface area (Å²) in [5.74, 6) is -2.35. The van der Waals surface area contributed by atoms with E-state index in [1.165, 1.54) is 49.5 Å². The van der Waals surface area contributed by atoms with Crippen LogP contribution in [0.5, 0.6) is 5.75 Å². The second-order valence-corrected chi connectivity index (χ2v) is 8.68. The lowest BCUT2D eigenvalue weighted by Crippen LogP contribution is -2.31.